The third-order valence-corrected chi connectivity index (χ3v) is 3.48. The molecule has 0 saturated carbocycles. The molecular formula is C11H9ClFN3S. The van der Waals surface area contributed by atoms with Crippen LogP contribution in [-0.2, 0) is 5.75 Å². The smallest absolute Gasteiger partial charge is 0.156 e. The fourth-order valence-electron chi connectivity index (χ4n) is 1.26. The SMILES string of the molecule is Nc1nccnc1SCc1c(F)cccc1Cl. The summed E-state index contributed by atoms with van der Waals surface area (Å²) in [4.78, 5) is 7.97. The van der Waals surface area contributed by atoms with Gasteiger partial charge in [-0.2, -0.15) is 0 Å². The van der Waals surface area contributed by atoms with E-state index in [0.29, 0.717) is 27.2 Å². The van der Waals surface area contributed by atoms with E-state index in [1.807, 2.05) is 0 Å². The van der Waals surface area contributed by atoms with Crippen molar-refractivity contribution in [3.05, 3.63) is 47.0 Å². The van der Waals surface area contributed by atoms with Gasteiger partial charge < -0.3 is 5.73 Å². The molecule has 2 N–H and O–H groups in total. The number of hydrogen-bond acceptors (Lipinski definition) is 4. The van der Waals surface area contributed by atoms with Gasteiger partial charge in [0.05, 0.1) is 0 Å². The number of benzene rings is 1. The van der Waals surface area contributed by atoms with Gasteiger partial charge in [-0.05, 0) is 12.1 Å². The average molecular weight is 270 g/mol. The molecule has 0 aliphatic heterocycles. The van der Waals surface area contributed by atoms with Gasteiger partial charge in [0.25, 0.3) is 0 Å². The Kier molecular flexibility index (Phi) is 3.81. The van der Waals surface area contributed by atoms with Crippen LogP contribution in [0.5, 0.6) is 0 Å². The van der Waals surface area contributed by atoms with Crippen molar-refractivity contribution in [2.75, 3.05) is 5.73 Å². The van der Waals surface area contributed by atoms with Crippen LogP contribution in [0.3, 0.4) is 0 Å². The maximum Gasteiger partial charge on any atom is 0.156 e. The van der Waals surface area contributed by atoms with Crippen LogP contribution in [0, 0.1) is 5.82 Å². The molecule has 2 aromatic rings. The van der Waals surface area contributed by atoms with Gasteiger partial charge >= 0.3 is 0 Å². The zero-order valence-corrected chi connectivity index (χ0v) is 10.3. The third kappa shape index (κ3) is 2.87. The van der Waals surface area contributed by atoms with Gasteiger partial charge in [0.2, 0.25) is 0 Å². The first-order chi connectivity index (χ1) is 8.18. The molecule has 17 heavy (non-hydrogen) atoms. The highest BCUT2D eigenvalue weighted by atomic mass is 35.5. The van der Waals surface area contributed by atoms with Crippen LogP contribution in [0.1, 0.15) is 5.56 Å². The van der Waals surface area contributed by atoms with Gasteiger partial charge in [-0.3, -0.25) is 0 Å². The molecule has 0 unspecified atom stereocenters. The monoisotopic (exact) mass is 269 g/mol. The Morgan fingerprint density at radius 1 is 1.29 bits per heavy atom. The maximum absolute atomic E-state index is 13.5. The number of hydrogen-bond donors (Lipinski definition) is 1. The topological polar surface area (TPSA) is 51.8 Å². The van der Waals surface area contributed by atoms with E-state index in [1.165, 1.54) is 24.0 Å². The van der Waals surface area contributed by atoms with Crippen molar-refractivity contribution in [2.24, 2.45) is 0 Å². The van der Waals surface area contributed by atoms with Crippen molar-refractivity contribution in [1.82, 2.24) is 9.97 Å². The predicted octanol–water partition coefficient (Wildman–Crippen LogP) is 3.14. The molecular weight excluding hydrogens is 261 g/mol. The van der Waals surface area contributed by atoms with Gasteiger partial charge in [-0.1, -0.05) is 29.4 Å². The molecule has 0 spiro atoms. The molecule has 6 heteroatoms. The van der Waals surface area contributed by atoms with Crippen molar-refractivity contribution >= 4 is 29.2 Å². The summed E-state index contributed by atoms with van der Waals surface area (Å²) in [5.41, 5.74) is 6.09. The van der Waals surface area contributed by atoms with E-state index in [4.69, 9.17) is 17.3 Å². The van der Waals surface area contributed by atoms with Gasteiger partial charge in [-0.15, -0.1) is 0 Å². The number of anilines is 1. The molecule has 3 nitrogen and oxygen atoms in total. The molecule has 0 bridgehead atoms. The molecule has 2 rings (SSSR count). The van der Waals surface area contributed by atoms with Crippen LogP contribution < -0.4 is 5.73 Å². The molecule has 1 aromatic heterocycles. The van der Waals surface area contributed by atoms with Gasteiger partial charge in [0.1, 0.15) is 10.8 Å². The largest absolute Gasteiger partial charge is 0.381 e. The minimum atomic E-state index is -0.326. The minimum absolute atomic E-state index is 0.326. The molecule has 0 amide bonds. The van der Waals surface area contributed by atoms with E-state index in [1.54, 1.807) is 18.3 Å². The summed E-state index contributed by atoms with van der Waals surface area (Å²) in [6.07, 6.45) is 3.05. The zero-order valence-electron chi connectivity index (χ0n) is 8.73. The van der Waals surface area contributed by atoms with E-state index in [0.717, 1.165) is 0 Å². The van der Waals surface area contributed by atoms with Gasteiger partial charge in [0.15, 0.2) is 5.82 Å². The quantitative estimate of drug-likeness (QED) is 0.870. The highest BCUT2D eigenvalue weighted by Gasteiger charge is 2.09. The van der Waals surface area contributed by atoms with Crippen LogP contribution in [0.4, 0.5) is 10.2 Å². The second-order valence-corrected chi connectivity index (χ2v) is 4.61. The highest BCUT2D eigenvalue weighted by Crippen LogP contribution is 2.29. The van der Waals surface area contributed by atoms with Crippen LogP contribution in [-0.4, -0.2) is 9.97 Å². The summed E-state index contributed by atoms with van der Waals surface area (Å²) < 4.78 is 13.5. The lowest BCUT2D eigenvalue weighted by Crippen LogP contribution is -1.96. The van der Waals surface area contributed by atoms with E-state index in [2.05, 4.69) is 9.97 Å². The van der Waals surface area contributed by atoms with E-state index < -0.39 is 0 Å². The molecule has 0 atom stereocenters. The fraction of sp³-hybridized carbons (Fsp3) is 0.0909. The molecule has 0 radical (unpaired) electrons. The Morgan fingerprint density at radius 2 is 2.06 bits per heavy atom. The Balaban J connectivity index is 2.16. The summed E-state index contributed by atoms with van der Waals surface area (Å²) in [7, 11) is 0. The molecule has 1 heterocycles. The summed E-state index contributed by atoms with van der Waals surface area (Å²) in [5.74, 6) is 0.381. The normalized spacial score (nSPS) is 10.5. The van der Waals surface area contributed by atoms with E-state index in [9.17, 15) is 4.39 Å². The molecule has 1 aromatic carbocycles. The Labute approximate surface area is 107 Å². The number of rotatable bonds is 3. The zero-order chi connectivity index (χ0) is 12.3. The first kappa shape index (κ1) is 12.1. The molecule has 0 fully saturated rings. The minimum Gasteiger partial charge on any atom is -0.381 e. The molecule has 0 aliphatic carbocycles. The lowest BCUT2D eigenvalue weighted by molar-refractivity contribution is 0.617. The lowest BCUT2D eigenvalue weighted by Gasteiger charge is -2.06. The number of nitrogens with zero attached hydrogens (tertiary/aromatic N) is 2. The first-order valence-corrected chi connectivity index (χ1v) is 6.17. The van der Waals surface area contributed by atoms with Crippen molar-refractivity contribution in [1.29, 1.82) is 0 Å². The van der Waals surface area contributed by atoms with E-state index >= 15 is 0 Å². The third-order valence-electron chi connectivity index (χ3n) is 2.11. The molecule has 88 valence electrons. The Bertz CT molecular complexity index is 516. The van der Waals surface area contributed by atoms with Crippen LogP contribution in [0.2, 0.25) is 5.02 Å². The fourth-order valence-corrected chi connectivity index (χ4v) is 2.48. The average Bonchev–Trinajstić information content (AvgIpc) is 2.30. The van der Waals surface area contributed by atoms with Gasteiger partial charge in [0, 0.05) is 28.7 Å². The second-order valence-electron chi connectivity index (χ2n) is 3.24. The highest BCUT2D eigenvalue weighted by molar-refractivity contribution is 7.98. The van der Waals surface area contributed by atoms with Crippen LogP contribution >= 0.6 is 23.4 Å². The maximum atomic E-state index is 13.5. The van der Waals surface area contributed by atoms with Crippen molar-refractivity contribution in [3.8, 4) is 0 Å². The van der Waals surface area contributed by atoms with Crippen molar-refractivity contribution < 1.29 is 4.39 Å². The number of nitrogen functional groups attached to an aromatic ring is 1. The first-order valence-electron chi connectivity index (χ1n) is 4.80. The van der Waals surface area contributed by atoms with Crippen LogP contribution in [0.15, 0.2) is 35.6 Å². The number of aromatic nitrogens is 2. The standard InChI is InChI=1S/C11H9ClFN3S/c12-8-2-1-3-9(13)7(8)6-17-11-10(14)15-4-5-16-11/h1-5H,6H2,(H2,14,15). The van der Waals surface area contributed by atoms with Crippen LogP contribution in [0.25, 0.3) is 0 Å². The predicted molar refractivity (Wildman–Crippen MR) is 67.4 cm³/mol. The summed E-state index contributed by atoms with van der Waals surface area (Å²) >= 11 is 7.22. The van der Waals surface area contributed by atoms with E-state index in [-0.39, 0.29) is 5.82 Å². The number of nitrogens with two attached hydrogens (primary N) is 1. The molecule has 0 aliphatic rings. The van der Waals surface area contributed by atoms with Crippen molar-refractivity contribution in [2.45, 2.75) is 10.8 Å². The summed E-state index contributed by atoms with van der Waals surface area (Å²) in [6.45, 7) is 0. The number of thioether (sulfide) groups is 1. The summed E-state index contributed by atoms with van der Waals surface area (Å²) in [5, 5.41) is 0.979. The number of halogens is 2. The lowest BCUT2D eigenvalue weighted by atomic mass is 10.2. The van der Waals surface area contributed by atoms with Gasteiger partial charge in [-0.25, -0.2) is 14.4 Å². The summed E-state index contributed by atoms with van der Waals surface area (Å²) in [6, 6.07) is 4.60. The molecule has 0 saturated heterocycles. The Morgan fingerprint density at radius 3 is 2.76 bits per heavy atom. The second kappa shape index (κ2) is 5.33. The Hall–Kier alpha value is -1.33. The van der Waals surface area contributed by atoms with Crippen molar-refractivity contribution in [3.63, 3.8) is 0 Å².